The van der Waals surface area contributed by atoms with E-state index < -0.39 is 51.4 Å². The van der Waals surface area contributed by atoms with Crippen LogP contribution in [0.3, 0.4) is 0 Å². The fourth-order valence-corrected chi connectivity index (χ4v) is 6.28. The first kappa shape index (κ1) is 29.5. The minimum Gasteiger partial charge on any atom is -0.444 e. The highest BCUT2D eigenvalue weighted by Gasteiger charge is 2.36. The molecule has 3 atom stereocenters. The van der Waals surface area contributed by atoms with E-state index in [4.69, 9.17) is 9.15 Å². The zero-order valence-corrected chi connectivity index (χ0v) is 23.8. The molecule has 1 aromatic heterocycles. The molecular weight excluding hydrogens is 534 g/mol. The number of aromatic nitrogens is 1. The van der Waals surface area contributed by atoms with E-state index in [2.05, 4.69) is 15.6 Å². The number of nitrogens with zero attached hydrogens (tertiary/aromatic N) is 1. The summed E-state index contributed by atoms with van der Waals surface area (Å²) in [5, 5.41) is 16.5. The first-order valence-electron chi connectivity index (χ1n) is 13.5. The fraction of sp³-hybridized carbons (Fsp3) is 0.483. The molecule has 0 saturated heterocycles. The molecule has 0 bridgehead atoms. The number of amides is 2. The molecule has 1 heterocycles. The fourth-order valence-electron chi connectivity index (χ4n) is 4.35. The smallest absolute Gasteiger partial charge is 0.408 e. The monoisotopic (exact) mass is 571 g/mol. The van der Waals surface area contributed by atoms with Gasteiger partial charge in [-0.3, -0.25) is 4.79 Å². The number of carbonyl (C=O) groups excluding carboxylic acids is 2. The van der Waals surface area contributed by atoms with Gasteiger partial charge >= 0.3 is 6.09 Å². The van der Waals surface area contributed by atoms with E-state index in [-0.39, 0.29) is 17.6 Å². The lowest BCUT2D eigenvalue weighted by Gasteiger charge is -2.27. The second kappa shape index (κ2) is 12.4. The summed E-state index contributed by atoms with van der Waals surface area (Å²) in [6, 6.07) is 14.3. The molecule has 216 valence electrons. The normalized spacial score (nSPS) is 16.2. The molecule has 40 heavy (non-hydrogen) atoms. The van der Waals surface area contributed by atoms with Gasteiger partial charge in [-0.1, -0.05) is 42.5 Å². The molecule has 0 spiro atoms. The summed E-state index contributed by atoms with van der Waals surface area (Å²) in [5.41, 5.74) is 1.18. The van der Waals surface area contributed by atoms with Gasteiger partial charge in [-0.15, -0.1) is 0 Å². The Kier molecular flexibility index (Phi) is 9.15. The van der Waals surface area contributed by atoms with Crippen molar-refractivity contribution in [2.45, 2.75) is 70.2 Å². The van der Waals surface area contributed by atoms with E-state index in [0.29, 0.717) is 23.9 Å². The number of sulfone groups is 1. The highest BCUT2D eigenvalue weighted by Crippen LogP contribution is 2.30. The van der Waals surface area contributed by atoms with Gasteiger partial charge in [0.2, 0.25) is 11.8 Å². The van der Waals surface area contributed by atoms with Crippen molar-refractivity contribution in [1.82, 2.24) is 15.6 Å². The first-order valence-corrected chi connectivity index (χ1v) is 15.3. The van der Waals surface area contributed by atoms with Crippen molar-refractivity contribution in [3.8, 4) is 0 Å². The molecule has 2 amide bonds. The highest BCUT2D eigenvalue weighted by atomic mass is 32.2. The minimum absolute atomic E-state index is 0.0255. The van der Waals surface area contributed by atoms with Crippen LogP contribution in [-0.2, 0) is 25.8 Å². The van der Waals surface area contributed by atoms with Crippen molar-refractivity contribution in [1.29, 1.82) is 0 Å². The molecule has 1 aliphatic carbocycles. The van der Waals surface area contributed by atoms with Gasteiger partial charge in [-0.25, -0.2) is 18.2 Å². The van der Waals surface area contributed by atoms with Crippen LogP contribution < -0.4 is 10.6 Å². The number of carbonyl (C=O) groups is 2. The van der Waals surface area contributed by atoms with E-state index in [1.807, 2.05) is 30.3 Å². The van der Waals surface area contributed by atoms with Crippen molar-refractivity contribution in [2.75, 3.05) is 11.5 Å². The average Bonchev–Trinajstić information content (AvgIpc) is 3.57. The van der Waals surface area contributed by atoms with Crippen molar-refractivity contribution in [3.63, 3.8) is 0 Å². The summed E-state index contributed by atoms with van der Waals surface area (Å²) in [5.74, 6) is -1.28. The Hall–Kier alpha value is -3.44. The van der Waals surface area contributed by atoms with Gasteiger partial charge in [0.1, 0.15) is 17.2 Å². The highest BCUT2D eigenvalue weighted by molar-refractivity contribution is 7.91. The molecule has 1 aliphatic rings. The predicted molar refractivity (Wildman–Crippen MR) is 150 cm³/mol. The standard InChI is InChI=1S/C29H37N3O7S/c1-29(2,3)39-28(35)32-23(18-40(36,37)17-20-13-14-20)26(34)30-22(16-15-19-9-5-4-6-10-19)25(33)27-31-21-11-7-8-12-24(21)38-27/h4-12,20,22-23,25,33H,13-18H2,1-3H3,(H,30,34)(H,32,35)/t22-,23?,25+/m1/s1. The second-order valence-electron chi connectivity index (χ2n) is 11.3. The third kappa shape index (κ3) is 8.79. The largest absolute Gasteiger partial charge is 0.444 e. The van der Waals surface area contributed by atoms with E-state index in [9.17, 15) is 23.1 Å². The molecule has 0 aliphatic heterocycles. The minimum atomic E-state index is -3.66. The number of hydrogen-bond acceptors (Lipinski definition) is 8. The number of hydrogen-bond donors (Lipinski definition) is 3. The number of ether oxygens (including phenoxy) is 1. The van der Waals surface area contributed by atoms with E-state index >= 15 is 0 Å². The Balaban J connectivity index is 1.56. The number of para-hydroxylation sites is 2. The number of benzene rings is 2. The molecule has 1 fully saturated rings. The number of nitrogens with one attached hydrogen (secondary N) is 2. The lowest BCUT2D eigenvalue weighted by Crippen LogP contribution is -2.54. The second-order valence-corrected chi connectivity index (χ2v) is 13.5. The summed E-state index contributed by atoms with van der Waals surface area (Å²) in [6.45, 7) is 5.01. The van der Waals surface area contributed by atoms with Crippen LogP contribution >= 0.6 is 0 Å². The summed E-state index contributed by atoms with van der Waals surface area (Å²) in [6.07, 6.45) is 0.221. The number of aryl methyl sites for hydroxylation is 1. The predicted octanol–water partition coefficient (Wildman–Crippen LogP) is 3.70. The molecule has 10 nitrogen and oxygen atoms in total. The summed E-state index contributed by atoms with van der Waals surface area (Å²) < 4.78 is 36.8. The van der Waals surface area contributed by atoms with Crippen LogP contribution in [0.4, 0.5) is 4.79 Å². The van der Waals surface area contributed by atoms with Crippen LogP contribution in [0.2, 0.25) is 0 Å². The maximum atomic E-state index is 13.5. The Morgan fingerprint density at radius 2 is 1.75 bits per heavy atom. The molecule has 1 unspecified atom stereocenters. The lowest BCUT2D eigenvalue weighted by molar-refractivity contribution is -0.124. The van der Waals surface area contributed by atoms with Crippen LogP contribution in [0.25, 0.3) is 11.1 Å². The number of rotatable bonds is 12. The average molecular weight is 572 g/mol. The van der Waals surface area contributed by atoms with Crippen molar-refractivity contribution < 1.29 is 32.3 Å². The summed E-state index contributed by atoms with van der Waals surface area (Å²) in [7, 11) is -3.66. The van der Waals surface area contributed by atoms with Crippen LogP contribution in [0.1, 0.15) is 57.6 Å². The zero-order chi connectivity index (χ0) is 28.9. The van der Waals surface area contributed by atoms with Crippen LogP contribution in [0, 0.1) is 5.92 Å². The Morgan fingerprint density at radius 1 is 1.07 bits per heavy atom. The number of alkyl carbamates (subject to hydrolysis) is 1. The number of oxazole rings is 1. The number of fused-ring (bicyclic) bond motifs is 1. The number of aliphatic hydroxyl groups is 1. The first-order chi connectivity index (χ1) is 18.9. The van der Waals surface area contributed by atoms with Crippen LogP contribution in [-0.4, -0.2) is 59.7 Å². The maximum absolute atomic E-state index is 13.5. The molecule has 1 saturated carbocycles. The molecule has 11 heteroatoms. The Bertz CT molecular complexity index is 1380. The quantitative estimate of drug-likeness (QED) is 0.298. The van der Waals surface area contributed by atoms with Crippen molar-refractivity contribution in [2.24, 2.45) is 5.92 Å². The van der Waals surface area contributed by atoms with Crippen LogP contribution in [0.5, 0.6) is 0 Å². The molecule has 3 N–H and O–H groups in total. The van der Waals surface area contributed by atoms with Gasteiger partial charge in [-0.2, -0.15) is 0 Å². The number of aliphatic hydroxyl groups excluding tert-OH is 1. The SMILES string of the molecule is CC(C)(C)OC(=O)NC(CS(=O)(=O)CC1CC1)C(=O)N[C@H](CCc1ccccc1)[C@H](O)c1nc2ccccc2o1. The van der Waals surface area contributed by atoms with Crippen molar-refractivity contribution >= 4 is 32.9 Å². The molecule has 2 aromatic carbocycles. The summed E-state index contributed by atoms with van der Waals surface area (Å²) >= 11 is 0. The lowest BCUT2D eigenvalue weighted by atomic mass is 10.0. The van der Waals surface area contributed by atoms with Crippen molar-refractivity contribution in [3.05, 3.63) is 66.1 Å². The molecule has 3 aromatic rings. The van der Waals surface area contributed by atoms with Gasteiger partial charge in [0.15, 0.2) is 21.5 Å². The molecule has 4 rings (SSSR count). The van der Waals surface area contributed by atoms with E-state index in [1.54, 1.807) is 45.0 Å². The Labute approximate surface area is 234 Å². The van der Waals surface area contributed by atoms with E-state index in [0.717, 1.165) is 18.4 Å². The van der Waals surface area contributed by atoms with Gasteiger partial charge in [-0.05, 0) is 70.1 Å². The Morgan fingerprint density at radius 3 is 2.40 bits per heavy atom. The maximum Gasteiger partial charge on any atom is 0.408 e. The van der Waals surface area contributed by atoms with E-state index in [1.165, 1.54) is 0 Å². The third-order valence-corrected chi connectivity index (χ3v) is 8.29. The molecular formula is C29H37N3O7S. The van der Waals surface area contributed by atoms with Gasteiger partial charge in [0, 0.05) is 0 Å². The molecule has 0 radical (unpaired) electrons. The third-order valence-electron chi connectivity index (χ3n) is 6.47. The van der Waals surface area contributed by atoms with Gasteiger partial charge in [0.05, 0.1) is 17.5 Å². The van der Waals surface area contributed by atoms with Crippen LogP contribution in [0.15, 0.2) is 59.0 Å². The van der Waals surface area contributed by atoms with Gasteiger partial charge < -0.3 is 24.9 Å². The topological polar surface area (TPSA) is 148 Å². The zero-order valence-electron chi connectivity index (χ0n) is 23.0. The van der Waals surface area contributed by atoms with Gasteiger partial charge in [0.25, 0.3) is 0 Å². The summed E-state index contributed by atoms with van der Waals surface area (Å²) in [4.78, 5) is 30.5.